The van der Waals surface area contributed by atoms with Gasteiger partial charge in [0.2, 0.25) is 5.91 Å². The van der Waals surface area contributed by atoms with Gasteiger partial charge in [0.1, 0.15) is 5.75 Å². The van der Waals surface area contributed by atoms with Crippen LogP contribution in [0.4, 0.5) is 0 Å². The molecular formula is C22H28ClNO2. The van der Waals surface area contributed by atoms with E-state index in [2.05, 4.69) is 31.3 Å². The first-order valence-corrected chi connectivity index (χ1v) is 9.42. The first-order valence-electron chi connectivity index (χ1n) is 9.04. The molecule has 0 aliphatic carbocycles. The fourth-order valence-electron chi connectivity index (χ4n) is 3.15. The summed E-state index contributed by atoms with van der Waals surface area (Å²) in [7, 11) is 1.69. The Morgan fingerprint density at radius 1 is 1.15 bits per heavy atom. The predicted molar refractivity (Wildman–Crippen MR) is 108 cm³/mol. The van der Waals surface area contributed by atoms with Crippen molar-refractivity contribution in [3.63, 3.8) is 0 Å². The van der Waals surface area contributed by atoms with Crippen molar-refractivity contribution in [3.05, 3.63) is 63.7 Å². The Hall–Kier alpha value is -2.00. The van der Waals surface area contributed by atoms with Crippen LogP contribution in [0.25, 0.3) is 0 Å². The fraction of sp³-hybridized carbons (Fsp3) is 0.409. The van der Waals surface area contributed by atoms with Gasteiger partial charge in [-0.2, -0.15) is 0 Å². The topological polar surface area (TPSA) is 38.3 Å². The molecule has 0 aliphatic heterocycles. The molecule has 140 valence electrons. The number of carbonyl (C=O) groups excluding carboxylic acids is 1. The lowest BCUT2D eigenvalue weighted by molar-refractivity contribution is -0.121. The lowest BCUT2D eigenvalue weighted by atomic mass is 9.93. The van der Waals surface area contributed by atoms with Crippen LogP contribution in [0.15, 0.2) is 36.4 Å². The van der Waals surface area contributed by atoms with Crippen LogP contribution < -0.4 is 10.1 Å². The van der Waals surface area contributed by atoms with Gasteiger partial charge >= 0.3 is 0 Å². The lowest BCUT2D eigenvalue weighted by Crippen LogP contribution is -2.27. The van der Waals surface area contributed by atoms with Crippen LogP contribution in [0.5, 0.6) is 5.75 Å². The van der Waals surface area contributed by atoms with Crippen LogP contribution in [-0.4, -0.2) is 13.0 Å². The molecule has 0 aliphatic rings. The number of halogens is 1. The van der Waals surface area contributed by atoms with E-state index in [1.165, 1.54) is 0 Å². The lowest BCUT2D eigenvalue weighted by Gasteiger charge is -2.21. The zero-order valence-corrected chi connectivity index (χ0v) is 17.0. The van der Waals surface area contributed by atoms with Crippen molar-refractivity contribution < 1.29 is 9.53 Å². The molecule has 2 aromatic carbocycles. The third-order valence-electron chi connectivity index (χ3n) is 4.66. The summed E-state index contributed by atoms with van der Waals surface area (Å²) in [6.45, 7) is 8.36. The van der Waals surface area contributed by atoms with Gasteiger partial charge in [-0.05, 0) is 66.6 Å². The minimum absolute atomic E-state index is 0.0266. The number of carbonyl (C=O) groups is 1. The van der Waals surface area contributed by atoms with Crippen molar-refractivity contribution >= 4 is 17.5 Å². The Morgan fingerprint density at radius 3 is 2.46 bits per heavy atom. The minimum Gasteiger partial charge on any atom is -0.496 e. The highest BCUT2D eigenvalue weighted by molar-refractivity contribution is 6.31. The Kier molecular flexibility index (Phi) is 7.10. The molecule has 2 rings (SSSR count). The van der Waals surface area contributed by atoms with Crippen LogP contribution in [-0.2, 0) is 11.2 Å². The first-order chi connectivity index (χ1) is 12.3. The number of ether oxygens (including phenoxy) is 1. The summed E-state index contributed by atoms with van der Waals surface area (Å²) >= 11 is 6.16. The maximum absolute atomic E-state index is 12.4. The Labute approximate surface area is 161 Å². The molecule has 1 N–H and O–H groups in total. The molecule has 0 unspecified atom stereocenters. The van der Waals surface area contributed by atoms with Gasteiger partial charge in [0.15, 0.2) is 0 Å². The van der Waals surface area contributed by atoms with Crippen molar-refractivity contribution in [3.8, 4) is 5.75 Å². The standard InChI is InChI=1S/C22H28ClNO2/c1-14(2)18-13-19(15(3)12-21(18)26-5)16(4)24-22(25)11-10-17-8-6-7-9-20(17)23/h6-9,12-14,16H,10-11H2,1-5H3,(H,24,25)/t16-/m0/s1. The summed E-state index contributed by atoms with van der Waals surface area (Å²) in [5.74, 6) is 1.28. The number of hydrogen-bond acceptors (Lipinski definition) is 2. The SMILES string of the molecule is COc1cc(C)c([C@H](C)NC(=O)CCc2ccccc2Cl)cc1C(C)C. The fourth-order valence-corrected chi connectivity index (χ4v) is 3.38. The van der Waals surface area contributed by atoms with Gasteiger partial charge in [-0.15, -0.1) is 0 Å². The predicted octanol–water partition coefficient (Wildman–Crippen LogP) is 5.59. The molecule has 0 aromatic heterocycles. The van der Waals surface area contributed by atoms with Crippen molar-refractivity contribution in [1.29, 1.82) is 0 Å². The van der Waals surface area contributed by atoms with Gasteiger partial charge in [0.05, 0.1) is 13.2 Å². The van der Waals surface area contributed by atoms with Gasteiger partial charge in [0, 0.05) is 11.4 Å². The molecule has 4 heteroatoms. The van der Waals surface area contributed by atoms with E-state index in [0.29, 0.717) is 23.8 Å². The van der Waals surface area contributed by atoms with E-state index in [1.807, 2.05) is 38.1 Å². The third-order valence-corrected chi connectivity index (χ3v) is 5.03. The summed E-state index contributed by atoms with van der Waals surface area (Å²) in [6.07, 6.45) is 1.05. The summed E-state index contributed by atoms with van der Waals surface area (Å²) < 4.78 is 5.50. The van der Waals surface area contributed by atoms with Crippen molar-refractivity contribution in [2.24, 2.45) is 0 Å². The van der Waals surface area contributed by atoms with E-state index in [-0.39, 0.29) is 11.9 Å². The minimum atomic E-state index is -0.0582. The number of hydrogen-bond donors (Lipinski definition) is 1. The molecule has 0 fully saturated rings. The molecule has 2 aromatic rings. The largest absolute Gasteiger partial charge is 0.496 e. The second kappa shape index (κ2) is 9.09. The number of rotatable bonds is 7. The second-order valence-corrected chi connectivity index (χ2v) is 7.39. The number of methoxy groups -OCH3 is 1. The Morgan fingerprint density at radius 2 is 1.85 bits per heavy atom. The van der Waals surface area contributed by atoms with Crippen molar-refractivity contribution in [2.45, 2.75) is 52.5 Å². The van der Waals surface area contributed by atoms with Gasteiger partial charge in [-0.1, -0.05) is 43.6 Å². The molecule has 0 bridgehead atoms. The number of amides is 1. The zero-order valence-electron chi connectivity index (χ0n) is 16.2. The summed E-state index contributed by atoms with van der Waals surface area (Å²) in [6, 6.07) is 11.8. The summed E-state index contributed by atoms with van der Waals surface area (Å²) in [5, 5.41) is 3.82. The normalized spacial score (nSPS) is 12.1. The van der Waals surface area contributed by atoms with Crippen LogP contribution in [0.1, 0.15) is 61.4 Å². The second-order valence-electron chi connectivity index (χ2n) is 6.99. The average Bonchev–Trinajstić information content (AvgIpc) is 2.60. The molecule has 3 nitrogen and oxygen atoms in total. The Bertz CT molecular complexity index is 771. The maximum Gasteiger partial charge on any atom is 0.220 e. The summed E-state index contributed by atoms with van der Waals surface area (Å²) in [4.78, 5) is 12.4. The smallest absolute Gasteiger partial charge is 0.220 e. The third kappa shape index (κ3) is 5.01. The zero-order chi connectivity index (χ0) is 19.3. The molecule has 0 heterocycles. The van der Waals surface area contributed by atoms with E-state index in [4.69, 9.17) is 16.3 Å². The van der Waals surface area contributed by atoms with E-state index in [1.54, 1.807) is 7.11 Å². The van der Waals surface area contributed by atoms with Gasteiger partial charge in [-0.25, -0.2) is 0 Å². The Balaban J connectivity index is 2.07. The van der Waals surface area contributed by atoms with Crippen LogP contribution in [0.3, 0.4) is 0 Å². The number of benzene rings is 2. The van der Waals surface area contributed by atoms with Gasteiger partial charge in [0.25, 0.3) is 0 Å². The van der Waals surface area contributed by atoms with E-state index in [0.717, 1.165) is 28.0 Å². The van der Waals surface area contributed by atoms with Crippen LogP contribution in [0.2, 0.25) is 5.02 Å². The molecule has 1 amide bonds. The number of aryl methyl sites for hydroxylation is 2. The number of nitrogens with one attached hydrogen (secondary N) is 1. The first kappa shape index (κ1) is 20.3. The molecule has 0 saturated heterocycles. The van der Waals surface area contributed by atoms with E-state index in [9.17, 15) is 4.79 Å². The van der Waals surface area contributed by atoms with Gasteiger partial charge < -0.3 is 10.1 Å². The van der Waals surface area contributed by atoms with Crippen molar-refractivity contribution in [2.75, 3.05) is 7.11 Å². The maximum atomic E-state index is 12.4. The molecule has 0 saturated carbocycles. The molecular weight excluding hydrogens is 346 g/mol. The van der Waals surface area contributed by atoms with E-state index < -0.39 is 0 Å². The molecule has 26 heavy (non-hydrogen) atoms. The van der Waals surface area contributed by atoms with E-state index >= 15 is 0 Å². The van der Waals surface area contributed by atoms with Crippen LogP contribution in [0, 0.1) is 6.92 Å². The van der Waals surface area contributed by atoms with Crippen molar-refractivity contribution in [1.82, 2.24) is 5.32 Å². The van der Waals surface area contributed by atoms with Crippen LogP contribution >= 0.6 is 11.6 Å². The summed E-state index contributed by atoms with van der Waals surface area (Å²) in [5.41, 5.74) is 4.40. The monoisotopic (exact) mass is 373 g/mol. The van der Waals surface area contributed by atoms with Gasteiger partial charge in [-0.3, -0.25) is 4.79 Å². The highest BCUT2D eigenvalue weighted by Crippen LogP contribution is 2.32. The highest BCUT2D eigenvalue weighted by atomic mass is 35.5. The molecule has 0 spiro atoms. The average molecular weight is 374 g/mol. The molecule has 1 atom stereocenters. The molecule has 0 radical (unpaired) electrons. The highest BCUT2D eigenvalue weighted by Gasteiger charge is 2.17. The quantitative estimate of drug-likeness (QED) is 0.686.